The summed E-state index contributed by atoms with van der Waals surface area (Å²) in [7, 11) is 0. The molecular formula is C20H12Cl4N2O2. The molecule has 2 atom stereocenters. The number of nitrogens with zero attached hydrogens (tertiary/aromatic N) is 2. The summed E-state index contributed by atoms with van der Waals surface area (Å²) in [5.41, 5.74) is 2.44. The Bertz CT molecular complexity index is 1100. The molecular weight excluding hydrogens is 442 g/mol. The first kappa shape index (κ1) is 18.2. The van der Waals surface area contributed by atoms with Gasteiger partial charge in [0.2, 0.25) is 6.23 Å². The highest BCUT2D eigenvalue weighted by molar-refractivity contribution is 6.36. The minimum absolute atomic E-state index is 0.114. The second-order valence-corrected chi connectivity index (χ2v) is 8.25. The van der Waals surface area contributed by atoms with Crippen LogP contribution in [-0.2, 0) is 0 Å². The predicted molar refractivity (Wildman–Crippen MR) is 111 cm³/mol. The fourth-order valence-corrected chi connectivity index (χ4v) is 4.67. The third kappa shape index (κ3) is 2.96. The molecule has 142 valence electrons. The van der Waals surface area contributed by atoms with Crippen LogP contribution < -0.4 is 4.74 Å². The number of hydrogen-bond donors (Lipinski definition) is 0. The lowest BCUT2D eigenvalue weighted by Crippen LogP contribution is -2.34. The molecule has 0 bridgehead atoms. The maximum Gasteiger partial charge on any atom is 0.215 e. The first-order valence-electron chi connectivity index (χ1n) is 8.51. The highest BCUT2D eigenvalue weighted by Crippen LogP contribution is 2.51. The van der Waals surface area contributed by atoms with E-state index in [-0.39, 0.29) is 6.04 Å². The second-order valence-electron chi connectivity index (χ2n) is 6.57. The molecule has 0 saturated carbocycles. The van der Waals surface area contributed by atoms with Crippen molar-refractivity contribution in [3.8, 4) is 5.75 Å². The topological polar surface area (TPSA) is 38.0 Å². The van der Waals surface area contributed by atoms with Gasteiger partial charge in [-0.3, -0.25) is 0 Å². The standard InChI is InChI=1S/C20H12Cl4N2O2/c21-10-3-4-12(14(23)7-10)20-26-17(9-16(25-26)18-2-1-5-27-18)13-6-11(22)8-15(24)19(13)28-20/h1-8,17,20H,9H2/t17-,20+/m1/s1. The zero-order chi connectivity index (χ0) is 19.4. The molecule has 28 heavy (non-hydrogen) atoms. The average molecular weight is 454 g/mol. The maximum atomic E-state index is 6.47. The molecule has 5 rings (SSSR count). The highest BCUT2D eigenvalue weighted by atomic mass is 35.5. The molecule has 3 heterocycles. The van der Waals surface area contributed by atoms with Crippen LogP contribution in [0.4, 0.5) is 0 Å². The van der Waals surface area contributed by atoms with Crippen molar-refractivity contribution in [1.29, 1.82) is 0 Å². The SMILES string of the molecule is Clc1ccc([C@@H]2Oc3c(Cl)cc(Cl)cc3[C@H]3CC(c4ccco4)=NN32)c(Cl)c1. The largest absolute Gasteiger partial charge is 0.463 e. The average Bonchev–Trinajstić information content (AvgIpc) is 3.31. The van der Waals surface area contributed by atoms with Crippen molar-refractivity contribution in [1.82, 2.24) is 5.01 Å². The second kappa shape index (κ2) is 6.89. The molecule has 2 aliphatic rings. The molecule has 8 heteroatoms. The molecule has 0 spiro atoms. The van der Waals surface area contributed by atoms with Crippen LogP contribution in [0.25, 0.3) is 0 Å². The van der Waals surface area contributed by atoms with E-state index in [4.69, 9.17) is 60.7 Å². The van der Waals surface area contributed by atoms with Gasteiger partial charge in [0.05, 0.1) is 22.4 Å². The number of benzene rings is 2. The lowest BCUT2D eigenvalue weighted by Gasteiger charge is -2.39. The van der Waals surface area contributed by atoms with Crippen LogP contribution in [-0.4, -0.2) is 10.7 Å². The first-order valence-corrected chi connectivity index (χ1v) is 10.0. The molecule has 0 saturated heterocycles. The van der Waals surface area contributed by atoms with Gasteiger partial charge in [-0.2, -0.15) is 5.10 Å². The Morgan fingerprint density at radius 3 is 2.50 bits per heavy atom. The summed E-state index contributed by atoms with van der Waals surface area (Å²) < 4.78 is 11.8. The number of hydrazone groups is 1. The number of rotatable bonds is 2. The Kier molecular flexibility index (Phi) is 4.48. The molecule has 0 amide bonds. The molecule has 1 aromatic heterocycles. The summed E-state index contributed by atoms with van der Waals surface area (Å²) in [4.78, 5) is 0. The van der Waals surface area contributed by atoms with Crippen LogP contribution in [0, 0.1) is 0 Å². The normalized spacial score (nSPS) is 20.4. The van der Waals surface area contributed by atoms with Gasteiger partial charge >= 0.3 is 0 Å². The summed E-state index contributed by atoms with van der Waals surface area (Å²) in [6.07, 6.45) is 1.69. The minimum Gasteiger partial charge on any atom is -0.463 e. The van der Waals surface area contributed by atoms with Gasteiger partial charge in [-0.25, -0.2) is 5.01 Å². The van der Waals surface area contributed by atoms with Crippen LogP contribution >= 0.6 is 46.4 Å². The van der Waals surface area contributed by atoms with Crippen LogP contribution in [0.15, 0.2) is 58.2 Å². The van der Waals surface area contributed by atoms with E-state index in [1.165, 1.54) is 0 Å². The fraction of sp³-hybridized carbons (Fsp3) is 0.150. The lowest BCUT2D eigenvalue weighted by atomic mass is 9.97. The van der Waals surface area contributed by atoms with Crippen LogP contribution in [0.1, 0.15) is 35.6 Å². The lowest BCUT2D eigenvalue weighted by molar-refractivity contribution is -0.0188. The molecule has 0 fully saturated rings. The quantitative estimate of drug-likeness (QED) is 0.414. The van der Waals surface area contributed by atoms with E-state index >= 15 is 0 Å². The summed E-state index contributed by atoms with van der Waals surface area (Å²) in [5.74, 6) is 1.30. The van der Waals surface area contributed by atoms with Crippen molar-refractivity contribution in [3.05, 3.63) is 85.7 Å². The first-order chi connectivity index (χ1) is 13.5. The van der Waals surface area contributed by atoms with Crippen LogP contribution in [0.2, 0.25) is 20.1 Å². The smallest absolute Gasteiger partial charge is 0.215 e. The predicted octanol–water partition coefficient (Wildman–Crippen LogP) is 7.14. The molecule has 2 aromatic carbocycles. The number of furan rings is 1. The van der Waals surface area contributed by atoms with Crippen molar-refractivity contribution < 1.29 is 9.15 Å². The summed E-state index contributed by atoms with van der Waals surface area (Å²) in [5, 5.41) is 8.69. The maximum absolute atomic E-state index is 6.47. The van der Waals surface area contributed by atoms with Crippen molar-refractivity contribution in [2.24, 2.45) is 5.10 Å². The third-order valence-electron chi connectivity index (χ3n) is 4.84. The molecule has 0 N–H and O–H groups in total. The third-order valence-corrected chi connectivity index (χ3v) is 5.90. The molecule has 2 aliphatic heterocycles. The van der Waals surface area contributed by atoms with Gasteiger partial charge in [0, 0.05) is 27.6 Å². The van der Waals surface area contributed by atoms with Crippen molar-refractivity contribution in [2.45, 2.75) is 18.7 Å². The van der Waals surface area contributed by atoms with E-state index in [2.05, 4.69) is 0 Å². The van der Waals surface area contributed by atoms with Gasteiger partial charge in [0.25, 0.3) is 0 Å². The van der Waals surface area contributed by atoms with Crippen molar-refractivity contribution >= 4 is 52.1 Å². The summed E-state index contributed by atoms with van der Waals surface area (Å²) in [6, 6.07) is 12.4. The van der Waals surface area contributed by atoms with Gasteiger partial charge in [-0.15, -0.1) is 0 Å². The fourth-order valence-electron chi connectivity index (χ4n) is 3.61. The number of halogens is 4. The van der Waals surface area contributed by atoms with E-state index in [9.17, 15) is 0 Å². The molecule has 0 aliphatic carbocycles. The van der Waals surface area contributed by atoms with E-state index in [1.54, 1.807) is 24.5 Å². The monoisotopic (exact) mass is 452 g/mol. The van der Waals surface area contributed by atoms with E-state index in [0.29, 0.717) is 38.0 Å². The minimum atomic E-state index is -0.562. The molecule has 3 aromatic rings. The Morgan fingerprint density at radius 1 is 0.929 bits per heavy atom. The van der Waals surface area contributed by atoms with Gasteiger partial charge < -0.3 is 9.15 Å². The Morgan fingerprint density at radius 2 is 1.75 bits per heavy atom. The van der Waals surface area contributed by atoms with Crippen molar-refractivity contribution in [2.75, 3.05) is 0 Å². The zero-order valence-electron chi connectivity index (χ0n) is 14.2. The zero-order valence-corrected chi connectivity index (χ0v) is 17.2. The number of fused-ring (bicyclic) bond motifs is 3. The molecule has 4 nitrogen and oxygen atoms in total. The van der Waals surface area contributed by atoms with E-state index in [1.807, 2.05) is 29.3 Å². The van der Waals surface area contributed by atoms with E-state index in [0.717, 1.165) is 16.8 Å². The van der Waals surface area contributed by atoms with Crippen LogP contribution in [0.3, 0.4) is 0 Å². The van der Waals surface area contributed by atoms with Crippen LogP contribution in [0.5, 0.6) is 5.75 Å². The molecule has 0 radical (unpaired) electrons. The highest BCUT2D eigenvalue weighted by Gasteiger charge is 2.43. The van der Waals surface area contributed by atoms with Gasteiger partial charge in [0.1, 0.15) is 17.2 Å². The molecule has 0 unspecified atom stereocenters. The summed E-state index contributed by atoms with van der Waals surface area (Å²) in [6.45, 7) is 0. The number of ether oxygens (including phenoxy) is 1. The Hall–Kier alpha value is -1.85. The van der Waals surface area contributed by atoms with Gasteiger partial charge in [-0.1, -0.05) is 52.5 Å². The number of hydrogen-bond acceptors (Lipinski definition) is 4. The van der Waals surface area contributed by atoms with E-state index < -0.39 is 6.23 Å². The Labute approximate surface area is 181 Å². The van der Waals surface area contributed by atoms with Gasteiger partial charge in [-0.05, 0) is 36.4 Å². The summed E-state index contributed by atoms with van der Waals surface area (Å²) >= 11 is 25.2. The van der Waals surface area contributed by atoms with Crippen molar-refractivity contribution in [3.63, 3.8) is 0 Å². The Balaban J connectivity index is 1.66. The van der Waals surface area contributed by atoms with Gasteiger partial charge in [0.15, 0.2) is 0 Å².